The van der Waals surface area contributed by atoms with E-state index in [1.54, 1.807) is 6.42 Å². The van der Waals surface area contributed by atoms with Gasteiger partial charge >= 0.3 is 5.97 Å². The molecular weight excluding hydrogens is 416 g/mol. The Labute approximate surface area is 207 Å². The molecule has 0 amide bonds. The number of benzene rings is 1. The number of carbonyl (C=O) groups excluding carboxylic acids is 1. The van der Waals surface area contributed by atoms with Gasteiger partial charge in [-0.1, -0.05) is 38.8 Å². The van der Waals surface area contributed by atoms with E-state index in [0.29, 0.717) is 22.3 Å². The molecule has 0 heterocycles. The van der Waals surface area contributed by atoms with Crippen LogP contribution in [0.1, 0.15) is 119 Å². The summed E-state index contributed by atoms with van der Waals surface area (Å²) in [5, 5.41) is 0. The summed E-state index contributed by atoms with van der Waals surface area (Å²) in [6, 6.07) is 8.21. The van der Waals surface area contributed by atoms with Gasteiger partial charge in [0.15, 0.2) is 0 Å². The molecule has 0 aromatic heterocycles. The summed E-state index contributed by atoms with van der Waals surface area (Å²) in [5.41, 5.74) is 3.38. The van der Waals surface area contributed by atoms with Crippen molar-refractivity contribution in [2.45, 2.75) is 103 Å². The van der Waals surface area contributed by atoms with Crippen LogP contribution in [-0.4, -0.2) is 13.1 Å². The Balaban J connectivity index is 1.07. The van der Waals surface area contributed by atoms with Crippen LogP contribution in [0.25, 0.3) is 0 Å². The van der Waals surface area contributed by atoms with Crippen LogP contribution in [-0.2, 0) is 4.74 Å². The number of rotatable bonds is 5. The van der Waals surface area contributed by atoms with Crippen LogP contribution in [0.15, 0.2) is 24.3 Å². The molecule has 5 saturated carbocycles. The van der Waals surface area contributed by atoms with Crippen LogP contribution in [0.4, 0.5) is 0 Å². The third-order valence-electron chi connectivity index (χ3n) is 12.3. The fourth-order valence-electron chi connectivity index (χ4n) is 10.3. The lowest BCUT2D eigenvalue weighted by atomic mass is 9.45. The molecule has 9 atom stereocenters. The topological polar surface area (TPSA) is 26.3 Å². The first-order valence-corrected chi connectivity index (χ1v) is 14.6. The predicted octanol–water partition coefficient (Wildman–Crippen LogP) is 8.41. The highest BCUT2D eigenvalue weighted by Gasteiger charge is 2.59. The maximum atomic E-state index is 11.7. The minimum absolute atomic E-state index is 0.233. The van der Waals surface area contributed by atoms with Gasteiger partial charge in [-0.15, -0.1) is 0 Å². The van der Waals surface area contributed by atoms with Crippen molar-refractivity contribution in [2.75, 3.05) is 7.11 Å². The molecule has 1 aromatic carbocycles. The molecular formula is C32H46O2. The zero-order valence-corrected chi connectivity index (χ0v) is 21.9. The molecule has 2 nitrogen and oxygen atoms in total. The van der Waals surface area contributed by atoms with Gasteiger partial charge in [0.05, 0.1) is 12.7 Å². The van der Waals surface area contributed by atoms with Crippen molar-refractivity contribution in [1.29, 1.82) is 0 Å². The number of hydrogen-bond donors (Lipinski definition) is 0. The van der Waals surface area contributed by atoms with Gasteiger partial charge in [0.25, 0.3) is 0 Å². The molecule has 2 heteroatoms. The van der Waals surface area contributed by atoms with E-state index in [1.165, 1.54) is 89.7 Å². The van der Waals surface area contributed by atoms with Crippen LogP contribution in [0.2, 0.25) is 0 Å². The van der Waals surface area contributed by atoms with E-state index in [9.17, 15) is 4.79 Å². The Hall–Kier alpha value is -1.31. The molecule has 0 aliphatic heterocycles. The van der Waals surface area contributed by atoms with E-state index in [1.807, 2.05) is 12.1 Å². The summed E-state index contributed by atoms with van der Waals surface area (Å²) in [6.07, 6.45) is 19.4. The summed E-state index contributed by atoms with van der Waals surface area (Å²) in [6.45, 7) is 5.43. The number of methoxy groups -OCH3 is 1. The summed E-state index contributed by atoms with van der Waals surface area (Å²) >= 11 is 0. The summed E-state index contributed by atoms with van der Waals surface area (Å²) in [5.74, 6) is 6.42. The molecule has 5 fully saturated rings. The van der Waals surface area contributed by atoms with Gasteiger partial charge in [-0.25, -0.2) is 4.79 Å². The second-order valence-corrected chi connectivity index (χ2v) is 13.5. The van der Waals surface area contributed by atoms with Gasteiger partial charge in [-0.3, -0.25) is 0 Å². The molecule has 1 aromatic rings. The molecule has 0 radical (unpaired) electrons. The van der Waals surface area contributed by atoms with Crippen LogP contribution in [0.3, 0.4) is 0 Å². The van der Waals surface area contributed by atoms with Crippen LogP contribution < -0.4 is 0 Å². The zero-order valence-electron chi connectivity index (χ0n) is 21.9. The van der Waals surface area contributed by atoms with Crippen molar-refractivity contribution in [2.24, 2.45) is 46.3 Å². The Morgan fingerprint density at radius 3 is 2.47 bits per heavy atom. The molecule has 34 heavy (non-hydrogen) atoms. The first kappa shape index (κ1) is 23.1. The standard InChI is InChI=1S/C32H46O2/c1-31-18-5-4-6-24(31)13-15-26-28-16-14-25(32(28,2)19-17-29(26)31)12-11-23-20-27(23)21-7-9-22(10-8-21)30(33)34-3/h7-10,23-29H,4-6,11-20H2,1-3H3. The largest absolute Gasteiger partial charge is 0.465 e. The molecule has 0 saturated heterocycles. The summed E-state index contributed by atoms with van der Waals surface area (Å²) in [4.78, 5) is 11.7. The van der Waals surface area contributed by atoms with Gasteiger partial charge in [0, 0.05) is 0 Å². The SMILES string of the molecule is COC(=O)c1ccc(C2CC2CCC2CCC3C4CCC5CCCCC5(C)C4CCC23C)cc1. The highest BCUT2D eigenvalue weighted by molar-refractivity contribution is 5.89. The van der Waals surface area contributed by atoms with Crippen molar-refractivity contribution in [3.8, 4) is 0 Å². The molecule has 6 rings (SSSR count). The average Bonchev–Trinajstić information content (AvgIpc) is 3.55. The van der Waals surface area contributed by atoms with E-state index < -0.39 is 0 Å². The average molecular weight is 463 g/mol. The zero-order chi connectivity index (χ0) is 23.5. The Kier molecular flexibility index (Phi) is 5.89. The third kappa shape index (κ3) is 3.68. The van der Waals surface area contributed by atoms with Crippen molar-refractivity contribution in [1.82, 2.24) is 0 Å². The number of ether oxygens (including phenoxy) is 1. The van der Waals surface area contributed by atoms with Crippen LogP contribution in [0, 0.1) is 46.3 Å². The second-order valence-electron chi connectivity index (χ2n) is 13.5. The number of esters is 1. The van der Waals surface area contributed by atoms with Crippen molar-refractivity contribution < 1.29 is 9.53 Å². The van der Waals surface area contributed by atoms with E-state index >= 15 is 0 Å². The predicted molar refractivity (Wildman–Crippen MR) is 138 cm³/mol. The van der Waals surface area contributed by atoms with Crippen molar-refractivity contribution >= 4 is 5.97 Å². The Morgan fingerprint density at radius 2 is 1.68 bits per heavy atom. The highest BCUT2D eigenvalue weighted by Crippen LogP contribution is 2.68. The molecule has 0 N–H and O–H groups in total. The van der Waals surface area contributed by atoms with E-state index in [4.69, 9.17) is 4.74 Å². The van der Waals surface area contributed by atoms with E-state index in [-0.39, 0.29) is 5.97 Å². The lowest BCUT2D eigenvalue weighted by Gasteiger charge is -2.60. The van der Waals surface area contributed by atoms with Crippen molar-refractivity contribution in [3.63, 3.8) is 0 Å². The number of fused-ring (bicyclic) bond motifs is 5. The molecule has 0 spiro atoms. The highest BCUT2D eigenvalue weighted by atomic mass is 16.5. The monoisotopic (exact) mass is 462 g/mol. The smallest absolute Gasteiger partial charge is 0.337 e. The fraction of sp³-hybridized carbons (Fsp3) is 0.781. The molecule has 186 valence electrons. The normalized spacial score (nSPS) is 45.1. The fourth-order valence-corrected chi connectivity index (χ4v) is 10.3. The van der Waals surface area contributed by atoms with Crippen molar-refractivity contribution in [3.05, 3.63) is 35.4 Å². The first-order valence-electron chi connectivity index (χ1n) is 14.6. The minimum atomic E-state index is -0.233. The van der Waals surface area contributed by atoms with Gasteiger partial charge in [0.2, 0.25) is 0 Å². The molecule has 5 aliphatic carbocycles. The molecule has 9 unspecified atom stereocenters. The lowest BCUT2D eigenvalue weighted by Crippen LogP contribution is -2.52. The quantitative estimate of drug-likeness (QED) is 0.411. The Morgan fingerprint density at radius 1 is 0.882 bits per heavy atom. The minimum Gasteiger partial charge on any atom is -0.465 e. The maximum Gasteiger partial charge on any atom is 0.337 e. The lowest BCUT2D eigenvalue weighted by molar-refractivity contribution is -0.111. The van der Waals surface area contributed by atoms with Gasteiger partial charge in [-0.05, 0) is 141 Å². The first-order chi connectivity index (χ1) is 16.4. The second kappa shape index (κ2) is 8.67. The summed E-state index contributed by atoms with van der Waals surface area (Å²) < 4.78 is 4.85. The van der Waals surface area contributed by atoms with Gasteiger partial charge in [-0.2, -0.15) is 0 Å². The van der Waals surface area contributed by atoms with Gasteiger partial charge < -0.3 is 4.74 Å². The number of carbonyl (C=O) groups is 1. The van der Waals surface area contributed by atoms with Crippen LogP contribution in [0.5, 0.6) is 0 Å². The summed E-state index contributed by atoms with van der Waals surface area (Å²) in [7, 11) is 1.45. The van der Waals surface area contributed by atoms with Gasteiger partial charge in [0.1, 0.15) is 0 Å². The molecule has 5 aliphatic rings. The van der Waals surface area contributed by atoms with Crippen LogP contribution >= 0.6 is 0 Å². The Bertz CT molecular complexity index is 904. The maximum absolute atomic E-state index is 11.7. The number of hydrogen-bond acceptors (Lipinski definition) is 2. The van der Waals surface area contributed by atoms with E-state index in [2.05, 4.69) is 26.0 Å². The van der Waals surface area contributed by atoms with E-state index in [0.717, 1.165) is 35.5 Å². The molecule has 0 bridgehead atoms. The third-order valence-corrected chi connectivity index (χ3v) is 12.3.